The molecule has 1 N–H and O–H groups in total. The molecule has 2 atom stereocenters. The molecule has 0 spiro atoms. The molecule has 0 saturated heterocycles. The van der Waals surface area contributed by atoms with Crippen LogP contribution in [0, 0.1) is 17.8 Å². The summed E-state index contributed by atoms with van der Waals surface area (Å²) in [5.41, 5.74) is 1.46. The lowest BCUT2D eigenvalue weighted by Crippen LogP contribution is -2.29. The molecule has 1 aliphatic carbocycles. The minimum Gasteiger partial charge on any atom is -0.309 e. The highest BCUT2D eigenvalue weighted by Crippen LogP contribution is 2.41. The van der Waals surface area contributed by atoms with Crippen LogP contribution in [0.25, 0.3) is 0 Å². The van der Waals surface area contributed by atoms with E-state index < -0.39 is 0 Å². The Labute approximate surface area is 106 Å². The normalized spacial score (nSPS) is 19.3. The molecule has 0 amide bonds. The van der Waals surface area contributed by atoms with Gasteiger partial charge in [-0.25, -0.2) is 0 Å². The minimum absolute atomic E-state index is 0.581. The van der Waals surface area contributed by atoms with Gasteiger partial charge in [-0.2, -0.15) is 0 Å². The molecule has 1 aliphatic rings. The largest absolute Gasteiger partial charge is 0.309 e. The van der Waals surface area contributed by atoms with Crippen LogP contribution in [0.4, 0.5) is 0 Å². The van der Waals surface area contributed by atoms with Crippen molar-refractivity contribution in [2.75, 3.05) is 6.54 Å². The summed E-state index contributed by atoms with van der Waals surface area (Å²) in [6.45, 7) is 8.09. The van der Waals surface area contributed by atoms with Gasteiger partial charge in [-0.1, -0.05) is 51.1 Å². The fourth-order valence-electron chi connectivity index (χ4n) is 2.20. The molecule has 0 heterocycles. The van der Waals surface area contributed by atoms with Gasteiger partial charge in [0.25, 0.3) is 0 Å². The molecule has 0 bridgehead atoms. The Balaban J connectivity index is 1.94. The van der Waals surface area contributed by atoms with Gasteiger partial charge in [0.05, 0.1) is 0 Å². The Bertz CT molecular complexity index is 327. The zero-order valence-electron chi connectivity index (χ0n) is 11.3. The minimum atomic E-state index is 0.581. The summed E-state index contributed by atoms with van der Waals surface area (Å²) in [7, 11) is 0. The molecule has 94 valence electrons. The Kier molecular flexibility index (Phi) is 4.22. The standard InChI is InChI=1S/C16H25N/c1-12(2)13(3)11-17-16(15-9-10-15)14-7-5-4-6-8-14/h4-8,12-13,15-17H,9-11H2,1-3H3. The lowest BCUT2D eigenvalue weighted by atomic mass is 9.96. The van der Waals surface area contributed by atoms with Crippen molar-refractivity contribution in [3.05, 3.63) is 35.9 Å². The fourth-order valence-corrected chi connectivity index (χ4v) is 2.20. The highest BCUT2D eigenvalue weighted by atomic mass is 14.9. The molecule has 2 unspecified atom stereocenters. The van der Waals surface area contributed by atoms with E-state index in [0.717, 1.165) is 24.3 Å². The van der Waals surface area contributed by atoms with Gasteiger partial charge >= 0.3 is 0 Å². The van der Waals surface area contributed by atoms with Gasteiger partial charge < -0.3 is 5.32 Å². The lowest BCUT2D eigenvalue weighted by Gasteiger charge is -2.23. The highest BCUT2D eigenvalue weighted by molar-refractivity contribution is 5.21. The van der Waals surface area contributed by atoms with Crippen molar-refractivity contribution in [2.45, 2.75) is 39.7 Å². The van der Waals surface area contributed by atoms with Gasteiger partial charge in [0.15, 0.2) is 0 Å². The molecule has 1 fully saturated rings. The fraction of sp³-hybridized carbons (Fsp3) is 0.625. The van der Waals surface area contributed by atoms with E-state index in [4.69, 9.17) is 0 Å². The van der Waals surface area contributed by atoms with E-state index in [1.165, 1.54) is 18.4 Å². The Morgan fingerprint density at radius 1 is 1.12 bits per heavy atom. The molecule has 0 aliphatic heterocycles. The molecule has 1 nitrogen and oxygen atoms in total. The van der Waals surface area contributed by atoms with Crippen molar-refractivity contribution in [3.8, 4) is 0 Å². The van der Waals surface area contributed by atoms with Gasteiger partial charge in [-0.05, 0) is 42.7 Å². The molecule has 1 aromatic rings. The van der Waals surface area contributed by atoms with Crippen LogP contribution in [0.1, 0.15) is 45.2 Å². The van der Waals surface area contributed by atoms with Gasteiger partial charge in [0, 0.05) is 6.04 Å². The van der Waals surface area contributed by atoms with Crippen LogP contribution in [0.15, 0.2) is 30.3 Å². The molecule has 17 heavy (non-hydrogen) atoms. The number of hydrogen-bond acceptors (Lipinski definition) is 1. The monoisotopic (exact) mass is 231 g/mol. The lowest BCUT2D eigenvalue weighted by molar-refractivity contribution is 0.356. The van der Waals surface area contributed by atoms with E-state index in [1.54, 1.807) is 0 Å². The van der Waals surface area contributed by atoms with Gasteiger partial charge in [-0.3, -0.25) is 0 Å². The van der Waals surface area contributed by atoms with Crippen molar-refractivity contribution in [2.24, 2.45) is 17.8 Å². The Morgan fingerprint density at radius 2 is 1.76 bits per heavy atom. The third kappa shape index (κ3) is 3.57. The molecule has 2 rings (SSSR count). The molecule has 1 saturated carbocycles. The summed E-state index contributed by atoms with van der Waals surface area (Å²) in [4.78, 5) is 0. The average Bonchev–Trinajstić information content (AvgIpc) is 3.15. The topological polar surface area (TPSA) is 12.0 Å². The van der Waals surface area contributed by atoms with Crippen molar-refractivity contribution in [3.63, 3.8) is 0 Å². The van der Waals surface area contributed by atoms with Crippen LogP contribution < -0.4 is 5.32 Å². The second-order valence-electron chi connectivity index (χ2n) is 5.86. The molecular formula is C16H25N. The average molecular weight is 231 g/mol. The van der Waals surface area contributed by atoms with Crippen LogP contribution in [0.2, 0.25) is 0 Å². The predicted octanol–water partition coefficient (Wildman–Crippen LogP) is 4.02. The SMILES string of the molecule is CC(C)C(C)CNC(c1ccccc1)C1CC1. The van der Waals surface area contributed by atoms with E-state index >= 15 is 0 Å². The summed E-state index contributed by atoms with van der Waals surface area (Å²) < 4.78 is 0. The first-order valence-corrected chi connectivity index (χ1v) is 6.97. The Morgan fingerprint density at radius 3 is 2.29 bits per heavy atom. The number of rotatable bonds is 6. The van der Waals surface area contributed by atoms with Crippen LogP contribution >= 0.6 is 0 Å². The quantitative estimate of drug-likeness (QED) is 0.779. The third-order valence-electron chi connectivity index (χ3n) is 4.05. The van der Waals surface area contributed by atoms with Crippen molar-refractivity contribution in [1.82, 2.24) is 5.32 Å². The first kappa shape index (κ1) is 12.6. The predicted molar refractivity (Wildman–Crippen MR) is 73.9 cm³/mol. The number of nitrogens with one attached hydrogen (secondary N) is 1. The maximum absolute atomic E-state index is 3.78. The van der Waals surface area contributed by atoms with E-state index in [9.17, 15) is 0 Å². The third-order valence-corrected chi connectivity index (χ3v) is 4.05. The second-order valence-corrected chi connectivity index (χ2v) is 5.86. The van der Waals surface area contributed by atoms with Crippen LogP contribution in [0.3, 0.4) is 0 Å². The molecule has 0 radical (unpaired) electrons. The maximum Gasteiger partial charge on any atom is 0.0348 e. The first-order chi connectivity index (χ1) is 8.18. The maximum atomic E-state index is 3.78. The van der Waals surface area contributed by atoms with Crippen molar-refractivity contribution < 1.29 is 0 Å². The second kappa shape index (κ2) is 5.68. The van der Waals surface area contributed by atoms with Crippen LogP contribution in [-0.4, -0.2) is 6.54 Å². The molecular weight excluding hydrogens is 206 g/mol. The van der Waals surface area contributed by atoms with Crippen LogP contribution in [-0.2, 0) is 0 Å². The van der Waals surface area contributed by atoms with Gasteiger partial charge in [0.1, 0.15) is 0 Å². The van der Waals surface area contributed by atoms with E-state index in [2.05, 4.69) is 56.4 Å². The summed E-state index contributed by atoms with van der Waals surface area (Å²) in [6, 6.07) is 11.5. The van der Waals surface area contributed by atoms with Crippen molar-refractivity contribution >= 4 is 0 Å². The smallest absolute Gasteiger partial charge is 0.0348 e. The molecule has 1 aromatic carbocycles. The van der Waals surface area contributed by atoms with E-state index in [0.29, 0.717) is 6.04 Å². The van der Waals surface area contributed by atoms with Crippen molar-refractivity contribution in [1.29, 1.82) is 0 Å². The highest BCUT2D eigenvalue weighted by Gasteiger charge is 2.32. The zero-order chi connectivity index (χ0) is 12.3. The Hall–Kier alpha value is -0.820. The molecule has 1 heteroatoms. The summed E-state index contributed by atoms with van der Waals surface area (Å²) >= 11 is 0. The van der Waals surface area contributed by atoms with Crippen LogP contribution in [0.5, 0.6) is 0 Å². The number of benzene rings is 1. The van der Waals surface area contributed by atoms with Gasteiger partial charge in [-0.15, -0.1) is 0 Å². The van der Waals surface area contributed by atoms with E-state index in [-0.39, 0.29) is 0 Å². The van der Waals surface area contributed by atoms with Gasteiger partial charge in [0.2, 0.25) is 0 Å². The zero-order valence-corrected chi connectivity index (χ0v) is 11.3. The van der Waals surface area contributed by atoms with E-state index in [1.807, 2.05) is 0 Å². The summed E-state index contributed by atoms with van der Waals surface area (Å²) in [6.07, 6.45) is 2.78. The number of hydrogen-bond donors (Lipinski definition) is 1. The summed E-state index contributed by atoms with van der Waals surface area (Å²) in [5.74, 6) is 2.38. The molecule has 0 aromatic heterocycles. The first-order valence-electron chi connectivity index (χ1n) is 6.97. The summed E-state index contributed by atoms with van der Waals surface area (Å²) in [5, 5.41) is 3.78.